The van der Waals surface area contributed by atoms with Crippen LogP contribution in [0.2, 0.25) is 0 Å². The molecule has 2 atom stereocenters. The molecule has 0 aromatic carbocycles. The molecule has 4 heteroatoms. The molecule has 0 spiro atoms. The second-order valence-corrected chi connectivity index (χ2v) is 6.41. The molecule has 0 radical (unpaired) electrons. The van der Waals surface area contributed by atoms with E-state index in [4.69, 9.17) is 5.73 Å². The Kier molecular flexibility index (Phi) is 5.22. The van der Waals surface area contributed by atoms with Crippen LogP contribution in [-0.4, -0.2) is 54.5 Å². The maximum absolute atomic E-state index is 12.4. The van der Waals surface area contributed by atoms with E-state index < -0.39 is 0 Å². The van der Waals surface area contributed by atoms with E-state index in [0.29, 0.717) is 24.5 Å². The zero-order valence-corrected chi connectivity index (χ0v) is 12.5. The minimum absolute atomic E-state index is 0.288. The monoisotopic (exact) mass is 267 g/mol. The molecule has 19 heavy (non-hydrogen) atoms. The quantitative estimate of drug-likeness (QED) is 0.838. The highest BCUT2D eigenvalue weighted by molar-refractivity contribution is 5.78. The molecule has 0 aromatic heterocycles. The number of nitrogens with zero attached hydrogens (tertiary/aromatic N) is 2. The van der Waals surface area contributed by atoms with Gasteiger partial charge in [0.2, 0.25) is 5.91 Å². The SMILES string of the molecule is CC1CC(CN)CN1CC(=O)N(C)C1CCCCC1. The van der Waals surface area contributed by atoms with Crippen LogP contribution < -0.4 is 5.73 Å². The van der Waals surface area contributed by atoms with E-state index in [0.717, 1.165) is 19.5 Å². The summed E-state index contributed by atoms with van der Waals surface area (Å²) < 4.78 is 0. The zero-order valence-electron chi connectivity index (χ0n) is 12.5. The van der Waals surface area contributed by atoms with Gasteiger partial charge in [-0.2, -0.15) is 0 Å². The fourth-order valence-electron chi connectivity index (χ4n) is 3.57. The summed E-state index contributed by atoms with van der Waals surface area (Å²) in [7, 11) is 1.99. The second kappa shape index (κ2) is 6.71. The highest BCUT2D eigenvalue weighted by Gasteiger charge is 2.31. The molecule has 110 valence electrons. The van der Waals surface area contributed by atoms with E-state index in [1.54, 1.807) is 0 Å². The average molecular weight is 267 g/mol. The number of hydrogen-bond acceptors (Lipinski definition) is 3. The third-order valence-electron chi connectivity index (χ3n) is 4.98. The van der Waals surface area contributed by atoms with E-state index in [1.165, 1.54) is 32.1 Å². The molecular formula is C15H29N3O. The number of likely N-dealkylation sites (tertiary alicyclic amines) is 1. The van der Waals surface area contributed by atoms with Crippen molar-refractivity contribution >= 4 is 5.91 Å². The predicted octanol–water partition coefficient (Wildman–Crippen LogP) is 1.45. The lowest BCUT2D eigenvalue weighted by atomic mass is 9.94. The van der Waals surface area contributed by atoms with E-state index in [-0.39, 0.29) is 5.91 Å². The second-order valence-electron chi connectivity index (χ2n) is 6.41. The first-order valence-corrected chi connectivity index (χ1v) is 7.81. The van der Waals surface area contributed by atoms with Crippen molar-refractivity contribution in [2.75, 3.05) is 26.7 Å². The Morgan fingerprint density at radius 3 is 2.58 bits per heavy atom. The standard InChI is InChI=1S/C15H29N3O/c1-12-8-13(9-16)10-18(12)11-15(19)17(2)14-6-4-3-5-7-14/h12-14H,3-11,16H2,1-2H3. The highest BCUT2D eigenvalue weighted by atomic mass is 16.2. The molecule has 1 saturated carbocycles. The summed E-state index contributed by atoms with van der Waals surface area (Å²) in [5, 5.41) is 0. The summed E-state index contributed by atoms with van der Waals surface area (Å²) in [6.45, 7) is 4.52. The smallest absolute Gasteiger partial charge is 0.236 e. The molecular weight excluding hydrogens is 238 g/mol. The van der Waals surface area contributed by atoms with E-state index in [2.05, 4.69) is 11.8 Å². The van der Waals surface area contributed by atoms with Crippen molar-refractivity contribution in [3.63, 3.8) is 0 Å². The Hall–Kier alpha value is -0.610. The van der Waals surface area contributed by atoms with Gasteiger partial charge in [-0.1, -0.05) is 19.3 Å². The Balaban J connectivity index is 1.83. The third kappa shape index (κ3) is 3.69. The van der Waals surface area contributed by atoms with Crippen LogP contribution in [0.4, 0.5) is 0 Å². The molecule has 2 fully saturated rings. The molecule has 2 unspecified atom stereocenters. The summed E-state index contributed by atoms with van der Waals surface area (Å²) in [6.07, 6.45) is 7.39. The lowest BCUT2D eigenvalue weighted by Crippen LogP contribution is -2.45. The van der Waals surface area contributed by atoms with Gasteiger partial charge >= 0.3 is 0 Å². The van der Waals surface area contributed by atoms with Crippen molar-refractivity contribution in [1.29, 1.82) is 0 Å². The molecule has 1 aliphatic carbocycles. The first-order chi connectivity index (χ1) is 9.11. The van der Waals surface area contributed by atoms with Crippen LogP contribution in [0.25, 0.3) is 0 Å². The van der Waals surface area contributed by atoms with Crippen LogP contribution in [0.15, 0.2) is 0 Å². The van der Waals surface area contributed by atoms with Gasteiger partial charge in [-0.15, -0.1) is 0 Å². The van der Waals surface area contributed by atoms with Crippen molar-refractivity contribution in [1.82, 2.24) is 9.80 Å². The Labute approximate surface area is 117 Å². The molecule has 1 amide bonds. The molecule has 0 aromatic rings. The molecule has 1 aliphatic heterocycles. The summed E-state index contributed by atoms with van der Waals surface area (Å²) in [5.74, 6) is 0.860. The summed E-state index contributed by atoms with van der Waals surface area (Å²) in [5.41, 5.74) is 5.74. The van der Waals surface area contributed by atoms with Crippen LogP contribution in [0.5, 0.6) is 0 Å². The van der Waals surface area contributed by atoms with Gasteiger partial charge in [-0.05, 0) is 38.6 Å². The third-order valence-corrected chi connectivity index (χ3v) is 4.98. The van der Waals surface area contributed by atoms with Crippen LogP contribution in [0.1, 0.15) is 45.4 Å². The number of rotatable bonds is 4. The minimum Gasteiger partial charge on any atom is -0.342 e. The first-order valence-electron chi connectivity index (χ1n) is 7.81. The number of carbonyl (C=O) groups is 1. The van der Waals surface area contributed by atoms with Crippen molar-refractivity contribution in [2.24, 2.45) is 11.7 Å². The van der Waals surface area contributed by atoms with Gasteiger partial charge in [0.25, 0.3) is 0 Å². The van der Waals surface area contributed by atoms with Crippen LogP contribution in [-0.2, 0) is 4.79 Å². The molecule has 1 heterocycles. The number of carbonyl (C=O) groups excluding carboxylic acids is 1. The van der Waals surface area contributed by atoms with E-state index >= 15 is 0 Å². The normalized spacial score (nSPS) is 29.6. The molecule has 2 aliphatic rings. The molecule has 2 N–H and O–H groups in total. The number of hydrogen-bond donors (Lipinski definition) is 1. The Morgan fingerprint density at radius 2 is 2.00 bits per heavy atom. The lowest BCUT2D eigenvalue weighted by Gasteiger charge is -2.33. The van der Waals surface area contributed by atoms with Crippen molar-refractivity contribution in [3.05, 3.63) is 0 Å². The minimum atomic E-state index is 0.288. The van der Waals surface area contributed by atoms with Gasteiger partial charge < -0.3 is 10.6 Å². The van der Waals surface area contributed by atoms with Crippen molar-refractivity contribution < 1.29 is 4.79 Å². The van der Waals surface area contributed by atoms with Crippen molar-refractivity contribution in [3.8, 4) is 0 Å². The van der Waals surface area contributed by atoms with Crippen LogP contribution >= 0.6 is 0 Å². The molecule has 1 saturated heterocycles. The van der Waals surface area contributed by atoms with Crippen LogP contribution in [0, 0.1) is 5.92 Å². The van der Waals surface area contributed by atoms with E-state index in [1.807, 2.05) is 11.9 Å². The van der Waals surface area contributed by atoms with Gasteiger partial charge in [0, 0.05) is 25.7 Å². The van der Waals surface area contributed by atoms with Gasteiger partial charge in [0.05, 0.1) is 6.54 Å². The Bertz CT molecular complexity index is 302. The van der Waals surface area contributed by atoms with Gasteiger partial charge in [-0.25, -0.2) is 0 Å². The van der Waals surface area contributed by atoms with Gasteiger partial charge in [0.1, 0.15) is 0 Å². The average Bonchev–Trinajstić information content (AvgIpc) is 2.79. The maximum atomic E-state index is 12.4. The predicted molar refractivity (Wildman–Crippen MR) is 77.8 cm³/mol. The van der Waals surface area contributed by atoms with Gasteiger partial charge in [0.15, 0.2) is 0 Å². The van der Waals surface area contributed by atoms with Gasteiger partial charge in [-0.3, -0.25) is 9.69 Å². The Morgan fingerprint density at radius 1 is 1.32 bits per heavy atom. The van der Waals surface area contributed by atoms with E-state index in [9.17, 15) is 4.79 Å². The number of likely N-dealkylation sites (N-methyl/N-ethyl adjacent to an activating group) is 1. The lowest BCUT2D eigenvalue weighted by molar-refractivity contribution is -0.134. The fraction of sp³-hybridized carbons (Fsp3) is 0.933. The van der Waals surface area contributed by atoms with Crippen LogP contribution in [0.3, 0.4) is 0 Å². The fourth-order valence-corrected chi connectivity index (χ4v) is 3.57. The molecule has 0 bridgehead atoms. The first kappa shape index (κ1) is 14.8. The van der Waals surface area contributed by atoms with Crippen molar-refractivity contribution in [2.45, 2.75) is 57.5 Å². The summed E-state index contributed by atoms with van der Waals surface area (Å²) >= 11 is 0. The summed E-state index contributed by atoms with van der Waals surface area (Å²) in [4.78, 5) is 16.7. The largest absolute Gasteiger partial charge is 0.342 e. The molecule has 4 nitrogen and oxygen atoms in total. The number of nitrogens with two attached hydrogens (primary N) is 1. The highest BCUT2D eigenvalue weighted by Crippen LogP contribution is 2.24. The topological polar surface area (TPSA) is 49.6 Å². The maximum Gasteiger partial charge on any atom is 0.236 e. The zero-order chi connectivity index (χ0) is 13.8. The molecule has 2 rings (SSSR count). The summed E-state index contributed by atoms with van der Waals surface area (Å²) in [6, 6.07) is 0.974. The number of amides is 1.